The summed E-state index contributed by atoms with van der Waals surface area (Å²) in [6.45, 7) is -2.12. The third kappa shape index (κ3) is 4.16. The molecule has 0 amide bonds. The van der Waals surface area contributed by atoms with Gasteiger partial charge in [-0.15, -0.1) is 0 Å². The molecule has 1 fully saturated rings. The average Bonchev–Trinajstić information content (AvgIpc) is 2.97. The Labute approximate surface area is 183 Å². The van der Waals surface area contributed by atoms with Crippen LogP contribution < -0.4 is 10.2 Å². The molecule has 11 nitrogen and oxygen atoms in total. The van der Waals surface area contributed by atoms with Crippen molar-refractivity contribution in [2.24, 2.45) is 0 Å². The fourth-order valence-corrected chi connectivity index (χ4v) is 4.63. The van der Waals surface area contributed by atoms with Gasteiger partial charge in [0.2, 0.25) is 0 Å². The van der Waals surface area contributed by atoms with Crippen LogP contribution in [-0.2, 0) is 31.6 Å². The highest BCUT2D eigenvalue weighted by atomic mass is 32.1. The number of aromatic amines is 1. The molecular weight excluding hydrogens is 477 g/mol. The number of aliphatic hydroxyl groups excluding tert-OH is 3. The van der Waals surface area contributed by atoms with Crippen molar-refractivity contribution in [1.82, 2.24) is 9.55 Å². The minimum absolute atomic E-state index is 0.00215. The number of aliphatic hydroxyl groups is 3. The molecule has 2 aliphatic rings. The number of phosphoric ester groups is 1. The molecule has 0 saturated carbocycles. The molecule has 1 unspecified atom stereocenters. The molecule has 15 heteroatoms. The van der Waals surface area contributed by atoms with Gasteiger partial charge in [0.1, 0.15) is 35.0 Å². The van der Waals surface area contributed by atoms with Crippen molar-refractivity contribution >= 4 is 20.0 Å². The molecule has 0 spiro atoms. The second kappa shape index (κ2) is 8.39. The summed E-state index contributed by atoms with van der Waals surface area (Å²) in [5, 5.41) is 29.8. The highest BCUT2D eigenvalue weighted by Crippen LogP contribution is 2.55. The van der Waals surface area contributed by atoms with E-state index in [1.807, 2.05) is 0 Å². The quantitative estimate of drug-likeness (QED) is 0.352. The number of aromatic nitrogens is 2. The molecule has 3 heterocycles. The van der Waals surface area contributed by atoms with Crippen LogP contribution in [0.4, 0.5) is 8.78 Å². The van der Waals surface area contributed by atoms with Crippen molar-refractivity contribution < 1.29 is 47.0 Å². The minimum Gasteiger partial charge on any atom is -0.404 e. The van der Waals surface area contributed by atoms with Gasteiger partial charge in [0, 0.05) is 17.3 Å². The molecule has 0 bridgehead atoms. The van der Waals surface area contributed by atoms with Crippen molar-refractivity contribution in [1.29, 1.82) is 0 Å². The van der Waals surface area contributed by atoms with Crippen molar-refractivity contribution in [3.8, 4) is 5.75 Å². The minimum atomic E-state index is -4.38. The number of hydrogen-bond donors (Lipinski definition) is 4. The predicted molar refractivity (Wildman–Crippen MR) is 103 cm³/mol. The maximum atomic E-state index is 15.3. The third-order valence-corrected chi connectivity index (χ3v) is 6.57. The van der Waals surface area contributed by atoms with Gasteiger partial charge >= 0.3 is 13.5 Å². The Morgan fingerprint density at radius 2 is 2.16 bits per heavy atom. The highest BCUT2D eigenvalue weighted by molar-refractivity contribution is 7.71. The lowest BCUT2D eigenvalue weighted by Crippen LogP contribution is -2.43. The molecule has 0 radical (unpaired) electrons. The SMILES string of the molecule is O=c1[nH]c(=S)c(CO)cn1[C@@H]1O[C@](F)(COP2(=O)OCc3cc(F)ccc3O2)[C@@H](O)[C@H]1O. The Morgan fingerprint density at radius 3 is 2.88 bits per heavy atom. The molecule has 2 aliphatic heterocycles. The number of fused-ring (bicyclic) bond motifs is 1. The number of halogens is 2. The molecule has 4 rings (SSSR count). The second-order valence-electron chi connectivity index (χ2n) is 7.05. The van der Waals surface area contributed by atoms with Crippen molar-refractivity contribution in [3.63, 3.8) is 0 Å². The van der Waals surface area contributed by atoms with E-state index in [0.717, 1.165) is 18.3 Å². The van der Waals surface area contributed by atoms with E-state index >= 15 is 4.39 Å². The molecule has 0 aliphatic carbocycles. The van der Waals surface area contributed by atoms with Crippen molar-refractivity contribution in [3.05, 3.63) is 56.5 Å². The molecule has 174 valence electrons. The zero-order valence-electron chi connectivity index (χ0n) is 16.0. The first-order chi connectivity index (χ1) is 15.0. The standard InChI is InChI=1S/C17H17F2N2O9PS/c18-10-1-2-11-8(3-10)6-27-31(26,30-11)28-7-17(19)13(24)12(23)15(29-17)21-4-9(5-22)14(32)20-16(21)25/h1-4,12-13,15,22-24H,5-7H2,(H,20,25,32)/t12-,13+,15-,17-,31?/m1/s1. The van der Waals surface area contributed by atoms with E-state index in [1.165, 1.54) is 6.07 Å². The predicted octanol–water partition coefficient (Wildman–Crippen LogP) is 1.19. The van der Waals surface area contributed by atoms with Crippen LogP contribution in [-0.4, -0.2) is 49.5 Å². The molecule has 32 heavy (non-hydrogen) atoms. The number of phosphoric acid groups is 1. The number of benzene rings is 1. The van der Waals surface area contributed by atoms with Gasteiger partial charge in [0.05, 0.1) is 13.2 Å². The van der Waals surface area contributed by atoms with E-state index < -0.39 is 56.8 Å². The van der Waals surface area contributed by atoms with Crippen LogP contribution in [0.2, 0.25) is 0 Å². The second-order valence-corrected chi connectivity index (χ2v) is 9.05. The first-order valence-electron chi connectivity index (χ1n) is 9.10. The fourth-order valence-electron chi connectivity index (χ4n) is 3.20. The Hall–Kier alpha value is -2.03. The lowest BCUT2D eigenvalue weighted by atomic mass is 10.1. The van der Waals surface area contributed by atoms with Crippen molar-refractivity contribution in [2.45, 2.75) is 37.5 Å². The van der Waals surface area contributed by atoms with E-state index in [0.29, 0.717) is 4.57 Å². The van der Waals surface area contributed by atoms with Gasteiger partial charge in [-0.2, -0.15) is 0 Å². The van der Waals surface area contributed by atoms with Crippen LogP contribution in [0.1, 0.15) is 17.4 Å². The van der Waals surface area contributed by atoms with Crippen LogP contribution >= 0.6 is 20.0 Å². The van der Waals surface area contributed by atoms with Crippen LogP contribution in [0.25, 0.3) is 0 Å². The molecular formula is C17H17F2N2O9PS. The monoisotopic (exact) mass is 494 g/mol. The number of H-pyrrole nitrogens is 1. The Bertz CT molecular complexity index is 1210. The van der Waals surface area contributed by atoms with E-state index in [4.69, 9.17) is 30.5 Å². The molecule has 2 aromatic rings. The average molecular weight is 494 g/mol. The van der Waals surface area contributed by atoms with E-state index in [1.54, 1.807) is 0 Å². The lowest BCUT2D eigenvalue weighted by Gasteiger charge is -2.28. The fraction of sp³-hybridized carbons (Fsp3) is 0.412. The molecule has 5 atom stereocenters. The van der Waals surface area contributed by atoms with Crippen molar-refractivity contribution in [2.75, 3.05) is 6.61 Å². The number of nitrogens with zero attached hydrogens (tertiary/aromatic N) is 1. The van der Waals surface area contributed by atoms with E-state index in [2.05, 4.69) is 4.98 Å². The summed E-state index contributed by atoms with van der Waals surface area (Å²) in [6.07, 6.45) is -4.87. The van der Waals surface area contributed by atoms with Gasteiger partial charge in [-0.25, -0.2) is 18.1 Å². The molecule has 1 saturated heterocycles. The summed E-state index contributed by atoms with van der Waals surface area (Å²) in [5.41, 5.74) is -0.562. The van der Waals surface area contributed by atoms with Crippen LogP contribution in [0.5, 0.6) is 5.75 Å². The summed E-state index contributed by atoms with van der Waals surface area (Å²) >= 11 is 4.88. The zero-order chi connectivity index (χ0) is 23.3. The summed E-state index contributed by atoms with van der Waals surface area (Å²) in [6, 6.07) is 3.35. The largest absolute Gasteiger partial charge is 0.530 e. The van der Waals surface area contributed by atoms with E-state index in [-0.39, 0.29) is 28.1 Å². The normalized spacial score (nSPS) is 31.8. The zero-order valence-corrected chi connectivity index (χ0v) is 17.7. The number of ether oxygens (including phenoxy) is 1. The summed E-state index contributed by atoms with van der Waals surface area (Å²) in [5.74, 6) is -3.69. The number of hydrogen-bond acceptors (Lipinski definition) is 10. The summed E-state index contributed by atoms with van der Waals surface area (Å²) in [4.78, 5) is 14.4. The van der Waals surface area contributed by atoms with Gasteiger partial charge in [-0.1, -0.05) is 12.2 Å². The summed E-state index contributed by atoms with van der Waals surface area (Å²) < 4.78 is 62.0. The first kappa shape index (κ1) is 23.1. The van der Waals surface area contributed by atoms with Gasteiger partial charge < -0.3 is 24.6 Å². The van der Waals surface area contributed by atoms with Gasteiger partial charge in [0.15, 0.2) is 6.23 Å². The number of nitrogens with one attached hydrogen (secondary N) is 1. The van der Waals surface area contributed by atoms with Crippen LogP contribution in [0.15, 0.2) is 29.2 Å². The molecule has 4 N–H and O–H groups in total. The van der Waals surface area contributed by atoms with Crippen LogP contribution in [0.3, 0.4) is 0 Å². The number of rotatable bonds is 5. The Morgan fingerprint density at radius 1 is 1.41 bits per heavy atom. The smallest absolute Gasteiger partial charge is 0.404 e. The summed E-state index contributed by atoms with van der Waals surface area (Å²) in [7, 11) is -4.38. The highest BCUT2D eigenvalue weighted by Gasteiger charge is 2.57. The Kier molecular flexibility index (Phi) is 6.07. The van der Waals surface area contributed by atoms with E-state index in [9.17, 15) is 29.1 Å². The van der Waals surface area contributed by atoms with Gasteiger partial charge in [-0.3, -0.25) is 18.6 Å². The lowest BCUT2D eigenvalue weighted by molar-refractivity contribution is -0.205. The van der Waals surface area contributed by atoms with Crippen LogP contribution in [0, 0.1) is 10.5 Å². The van der Waals surface area contributed by atoms with Gasteiger partial charge in [0.25, 0.3) is 5.85 Å². The number of alkyl halides is 1. The maximum Gasteiger partial charge on any atom is 0.530 e. The first-order valence-corrected chi connectivity index (χ1v) is 11.0. The third-order valence-electron chi connectivity index (χ3n) is 4.89. The molecule has 1 aromatic carbocycles. The molecule has 1 aromatic heterocycles. The topological polar surface area (TPSA) is 152 Å². The van der Waals surface area contributed by atoms with Gasteiger partial charge in [-0.05, 0) is 18.2 Å². The Balaban J connectivity index is 1.52. The maximum absolute atomic E-state index is 15.3.